The Morgan fingerprint density at radius 2 is 1.93 bits per heavy atom. The molecular weight excluding hydrogens is 342 g/mol. The van der Waals surface area contributed by atoms with Crippen molar-refractivity contribution in [2.75, 3.05) is 7.11 Å². The Hall–Kier alpha value is -3.78. The smallest absolute Gasteiger partial charge is 0.238 e. The number of ether oxygens (including phenoxy) is 2. The van der Waals surface area contributed by atoms with Crippen LogP contribution in [0.3, 0.4) is 0 Å². The summed E-state index contributed by atoms with van der Waals surface area (Å²) in [5, 5.41) is 9.31. The summed E-state index contributed by atoms with van der Waals surface area (Å²) in [4.78, 5) is 12.3. The van der Waals surface area contributed by atoms with Gasteiger partial charge in [0.25, 0.3) is 0 Å². The molecule has 1 aromatic heterocycles. The quantitative estimate of drug-likeness (QED) is 0.349. The Bertz CT molecular complexity index is 983. The molecule has 27 heavy (non-hydrogen) atoms. The molecule has 2 aromatic carbocycles. The minimum Gasteiger partial charge on any atom is -0.493 e. The number of methoxy groups -OCH3 is 1. The number of carbonyl (C=O) groups excluding carboxylic acids is 1. The zero-order valence-electron chi connectivity index (χ0n) is 14.7. The number of nitrogens with zero attached hydrogens (tertiary/aromatic N) is 1. The van der Waals surface area contributed by atoms with Crippen molar-refractivity contribution in [2.45, 2.75) is 6.61 Å². The third-order valence-electron chi connectivity index (χ3n) is 3.85. The average molecular weight is 359 g/mol. The van der Waals surface area contributed by atoms with Crippen molar-refractivity contribution >= 4 is 11.9 Å². The summed E-state index contributed by atoms with van der Waals surface area (Å²) in [5.41, 5.74) is 1.67. The highest BCUT2D eigenvalue weighted by atomic mass is 16.5. The molecule has 0 atom stereocenters. The van der Waals surface area contributed by atoms with Crippen molar-refractivity contribution in [3.63, 3.8) is 0 Å². The zero-order valence-corrected chi connectivity index (χ0v) is 14.7. The summed E-state index contributed by atoms with van der Waals surface area (Å²) in [6.45, 7) is 0.410. The van der Waals surface area contributed by atoms with Gasteiger partial charge in [-0.15, -0.1) is 0 Å². The fourth-order valence-corrected chi connectivity index (χ4v) is 2.48. The van der Waals surface area contributed by atoms with Crippen LogP contribution in [0.5, 0.6) is 11.5 Å². The van der Waals surface area contributed by atoms with E-state index in [1.54, 1.807) is 24.3 Å². The van der Waals surface area contributed by atoms with E-state index in [1.807, 2.05) is 36.4 Å². The summed E-state index contributed by atoms with van der Waals surface area (Å²) < 4.78 is 16.3. The van der Waals surface area contributed by atoms with E-state index in [1.165, 1.54) is 25.5 Å². The zero-order chi connectivity index (χ0) is 19.1. The van der Waals surface area contributed by atoms with Crippen molar-refractivity contribution in [3.05, 3.63) is 89.4 Å². The van der Waals surface area contributed by atoms with Gasteiger partial charge in [-0.2, -0.15) is 5.26 Å². The molecule has 3 aromatic rings. The highest BCUT2D eigenvalue weighted by Gasteiger charge is 2.15. The van der Waals surface area contributed by atoms with Crippen molar-refractivity contribution in [2.24, 2.45) is 0 Å². The van der Waals surface area contributed by atoms with Gasteiger partial charge in [0.2, 0.25) is 5.78 Å². The average Bonchev–Trinajstić information content (AvgIpc) is 3.26. The molecule has 1 heterocycles. The van der Waals surface area contributed by atoms with Crippen LogP contribution in [-0.2, 0) is 6.61 Å². The van der Waals surface area contributed by atoms with Crippen LogP contribution in [0.15, 0.2) is 76.9 Å². The van der Waals surface area contributed by atoms with Crippen LogP contribution < -0.4 is 9.47 Å². The maximum absolute atomic E-state index is 12.3. The van der Waals surface area contributed by atoms with E-state index in [2.05, 4.69) is 0 Å². The normalized spacial score (nSPS) is 10.9. The van der Waals surface area contributed by atoms with E-state index in [0.29, 0.717) is 23.7 Å². The van der Waals surface area contributed by atoms with Crippen LogP contribution in [0.1, 0.15) is 21.7 Å². The third-order valence-corrected chi connectivity index (χ3v) is 3.85. The molecule has 0 aliphatic rings. The number of Topliss-reactive ketones (excluding diaryl/α,β-unsaturated/α-hetero) is 1. The molecular formula is C22H17NO4. The van der Waals surface area contributed by atoms with Crippen LogP contribution in [0.4, 0.5) is 0 Å². The van der Waals surface area contributed by atoms with Crippen LogP contribution in [0.2, 0.25) is 0 Å². The molecule has 0 bridgehead atoms. The predicted molar refractivity (Wildman–Crippen MR) is 100 cm³/mol. The Morgan fingerprint density at radius 3 is 2.59 bits per heavy atom. The molecule has 0 aliphatic heterocycles. The van der Waals surface area contributed by atoms with E-state index in [-0.39, 0.29) is 11.3 Å². The largest absolute Gasteiger partial charge is 0.493 e. The maximum Gasteiger partial charge on any atom is 0.238 e. The van der Waals surface area contributed by atoms with E-state index >= 15 is 0 Å². The van der Waals surface area contributed by atoms with Crippen molar-refractivity contribution in [1.82, 2.24) is 0 Å². The lowest BCUT2D eigenvalue weighted by molar-refractivity contribution is 0.101. The molecule has 0 unspecified atom stereocenters. The summed E-state index contributed by atoms with van der Waals surface area (Å²) in [6.07, 6.45) is 2.89. The topological polar surface area (TPSA) is 72.5 Å². The highest BCUT2D eigenvalue weighted by molar-refractivity contribution is 6.12. The standard InChI is InChI=1S/C22H17NO4/c1-25-21-13-17(12-18(14-23)22(24)20-8-5-11-26-20)9-10-19(21)27-15-16-6-3-2-4-7-16/h2-13H,15H2,1H3/b18-12+. The molecule has 0 saturated heterocycles. The van der Waals surface area contributed by atoms with E-state index < -0.39 is 5.78 Å². The van der Waals surface area contributed by atoms with Gasteiger partial charge in [-0.1, -0.05) is 36.4 Å². The molecule has 5 nitrogen and oxygen atoms in total. The Balaban J connectivity index is 1.80. The van der Waals surface area contributed by atoms with Gasteiger partial charge in [-0.25, -0.2) is 0 Å². The molecule has 0 saturated carbocycles. The van der Waals surface area contributed by atoms with Crippen LogP contribution in [0.25, 0.3) is 6.08 Å². The van der Waals surface area contributed by atoms with Gasteiger partial charge in [0, 0.05) is 0 Å². The summed E-state index contributed by atoms with van der Waals surface area (Å²) in [5.74, 6) is 0.750. The number of hydrogen-bond donors (Lipinski definition) is 0. The van der Waals surface area contributed by atoms with Gasteiger partial charge in [-0.05, 0) is 41.5 Å². The lowest BCUT2D eigenvalue weighted by Gasteiger charge is -2.11. The van der Waals surface area contributed by atoms with Crippen molar-refractivity contribution in [3.8, 4) is 17.6 Å². The van der Waals surface area contributed by atoms with Gasteiger partial charge in [0.05, 0.1) is 13.4 Å². The number of hydrogen-bond acceptors (Lipinski definition) is 5. The summed E-state index contributed by atoms with van der Waals surface area (Å²) in [7, 11) is 1.54. The molecule has 0 aliphatic carbocycles. The second-order valence-corrected chi connectivity index (χ2v) is 5.66. The first-order valence-corrected chi connectivity index (χ1v) is 8.26. The van der Waals surface area contributed by atoms with Crippen LogP contribution in [0, 0.1) is 11.3 Å². The molecule has 134 valence electrons. The third kappa shape index (κ3) is 4.44. The first kappa shape index (κ1) is 18.0. The molecule has 3 rings (SSSR count). The van der Waals surface area contributed by atoms with Crippen molar-refractivity contribution in [1.29, 1.82) is 5.26 Å². The second kappa shape index (κ2) is 8.54. The maximum atomic E-state index is 12.3. The molecule has 0 fully saturated rings. The lowest BCUT2D eigenvalue weighted by atomic mass is 10.1. The number of allylic oxidation sites excluding steroid dienone is 1. The molecule has 0 spiro atoms. The molecule has 0 amide bonds. The molecule has 0 radical (unpaired) electrons. The van der Waals surface area contributed by atoms with Gasteiger partial charge >= 0.3 is 0 Å². The fraction of sp³-hybridized carbons (Fsp3) is 0.0909. The van der Waals surface area contributed by atoms with E-state index in [9.17, 15) is 10.1 Å². The summed E-state index contributed by atoms with van der Waals surface area (Å²) in [6, 6.07) is 20.1. The Kier molecular flexibility index (Phi) is 5.70. The predicted octanol–water partition coefficient (Wildman–Crippen LogP) is 4.66. The van der Waals surface area contributed by atoms with Gasteiger partial charge < -0.3 is 13.9 Å². The Morgan fingerprint density at radius 1 is 1.11 bits per heavy atom. The number of furan rings is 1. The number of benzene rings is 2. The number of rotatable bonds is 7. The minimum absolute atomic E-state index is 0.0232. The minimum atomic E-state index is -0.467. The monoisotopic (exact) mass is 359 g/mol. The van der Waals surface area contributed by atoms with E-state index in [4.69, 9.17) is 13.9 Å². The number of carbonyl (C=O) groups is 1. The lowest BCUT2D eigenvalue weighted by Crippen LogP contribution is -2.00. The van der Waals surface area contributed by atoms with Crippen molar-refractivity contribution < 1.29 is 18.7 Å². The van der Waals surface area contributed by atoms with Crippen LogP contribution in [-0.4, -0.2) is 12.9 Å². The van der Waals surface area contributed by atoms with E-state index in [0.717, 1.165) is 5.56 Å². The molecule has 5 heteroatoms. The Labute approximate surface area is 157 Å². The second-order valence-electron chi connectivity index (χ2n) is 5.66. The fourth-order valence-electron chi connectivity index (χ4n) is 2.48. The summed E-state index contributed by atoms with van der Waals surface area (Å²) >= 11 is 0. The van der Waals surface area contributed by atoms with Gasteiger partial charge in [-0.3, -0.25) is 4.79 Å². The van der Waals surface area contributed by atoms with Gasteiger partial charge in [0.15, 0.2) is 17.3 Å². The SMILES string of the molecule is COc1cc(/C=C(\C#N)C(=O)c2ccco2)ccc1OCc1ccccc1. The molecule has 0 N–H and O–H groups in total. The first-order valence-electron chi connectivity index (χ1n) is 8.26. The number of nitriles is 1. The van der Waals surface area contributed by atoms with Gasteiger partial charge in [0.1, 0.15) is 18.2 Å². The number of ketones is 1. The van der Waals surface area contributed by atoms with Crippen LogP contribution >= 0.6 is 0 Å². The highest BCUT2D eigenvalue weighted by Crippen LogP contribution is 2.30. The first-order chi connectivity index (χ1) is 13.2.